The third-order valence-electron chi connectivity index (χ3n) is 11.3. The number of aromatic hydroxyl groups is 1. The highest BCUT2D eigenvalue weighted by atomic mass is 35.5. The number of nitrogens with zero attached hydrogens (tertiary/aromatic N) is 6. The predicted molar refractivity (Wildman–Crippen MR) is 184 cm³/mol. The molecule has 3 aromatic rings. The average molecular weight is 730 g/mol. The topological polar surface area (TPSA) is 118 Å². The SMILES string of the molecule is CN1CC2CC1CN2C1CCN(C(=O)[C@H](CC(=O)N2CCC(n3nc(-c4ccccc4)[nH]c3=O)CC2)Cc2cc(Cl)c(O)c(C(F)(F)F)c2)CC1. The summed E-state index contributed by atoms with van der Waals surface area (Å²) < 4.78 is 42.7. The number of piperazine rings is 1. The number of halogens is 4. The largest absolute Gasteiger partial charge is 0.506 e. The summed E-state index contributed by atoms with van der Waals surface area (Å²) >= 11 is 6.03. The van der Waals surface area contributed by atoms with Crippen molar-refractivity contribution in [2.75, 3.05) is 46.3 Å². The van der Waals surface area contributed by atoms with Crippen molar-refractivity contribution in [3.8, 4) is 17.1 Å². The Morgan fingerprint density at radius 3 is 2.25 bits per heavy atom. The Morgan fingerprint density at radius 2 is 1.63 bits per heavy atom. The minimum Gasteiger partial charge on any atom is -0.506 e. The van der Waals surface area contributed by atoms with Gasteiger partial charge in [0.25, 0.3) is 0 Å². The third kappa shape index (κ3) is 7.40. The van der Waals surface area contributed by atoms with Crippen LogP contribution in [0, 0.1) is 5.92 Å². The molecule has 51 heavy (non-hydrogen) atoms. The van der Waals surface area contributed by atoms with Gasteiger partial charge in [0.15, 0.2) is 5.82 Å². The van der Waals surface area contributed by atoms with Crippen molar-refractivity contribution in [3.63, 3.8) is 0 Å². The molecule has 0 spiro atoms. The van der Waals surface area contributed by atoms with Crippen LogP contribution < -0.4 is 5.69 Å². The number of alkyl halides is 3. The molecule has 4 fully saturated rings. The molecule has 0 aliphatic carbocycles. The van der Waals surface area contributed by atoms with E-state index >= 15 is 0 Å². The number of piperidine rings is 2. The standard InChI is InChI=1S/C36H43ClF3N7O4/c1-43-20-28-19-27(43)21-46(28)25-7-13-45(14-8-25)34(50)24(15-22-16-29(36(38,39)40)32(49)30(37)17-22)18-31(48)44-11-9-26(10-12-44)47-35(51)41-33(42-47)23-5-3-2-4-6-23/h2-6,16-17,24-28,49H,7-15,18-21H2,1H3,(H,41,42,51)/t24-,27?,28?/m0/s1. The molecule has 5 heterocycles. The maximum atomic E-state index is 14.1. The number of nitrogens with one attached hydrogen (secondary N) is 1. The first-order valence-electron chi connectivity index (χ1n) is 17.7. The highest BCUT2D eigenvalue weighted by Crippen LogP contribution is 2.41. The van der Waals surface area contributed by atoms with Crippen LogP contribution in [0.5, 0.6) is 5.75 Å². The van der Waals surface area contributed by atoms with Crippen LogP contribution in [-0.4, -0.2) is 116 Å². The van der Waals surface area contributed by atoms with E-state index < -0.39 is 28.4 Å². The molecule has 2 bridgehead atoms. The molecule has 2 N–H and O–H groups in total. The molecule has 4 aliphatic heterocycles. The fraction of sp³-hybridized carbons (Fsp3) is 0.556. The number of aromatic nitrogens is 3. The molecule has 3 atom stereocenters. The summed E-state index contributed by atoms with van der Waals surface area (Å²) in [7, 11) is 2.16. The predicted octanol–water partition coefficient (Wildman–Crippen LogP) is 4.41. The first-order chi connectivity index (χ1) is 24.4. The van der Waals surface area contributed by atoms with E-state index in [4.69, 9.17) is 11.6 Å². The maximum Gasteiger partial charge on any atom is 0.420 e. The molecular formula is C36H43ClF3N7O4. The van der Waals surface area contributed by atoms with E-state index in [2.05, 4.69) is 26.9 Å². The Morgan fingerprint density at radius 1 is 0.961 bits per heavy atom. The van der Waals surface area contributed by atoms with Gasteiger partial charge >= 0.3 is 11.9 Å². The van der Waals surface area contributed by atoms with Crippen LogP contribution in [0.3, 0.4) is 0 Å². The summed E-state index contributed by atoms with van der Waals surface area (Å²) in [6, 6.07) is 12.6. The molecular weight excluding hydrogens is 687 g/mol. The molecule has 4 saturated heterocycles. The summed E-state index contributed by atoms with van der Waals surface area (Å²) in [5.74, 6) is -2.07. The Hall–Kier alpha value is -3.88. The van der Waals surface area contributed by atoms with Crippen LogP contribution in [0.15, 0.2) is 47.3 Å². The Labute approximate surface area is 298 Å². The molecule has 2 unspecified atom stereocenters. The average Bonchev–Trinajstić information content (AvgIpc) is 3.83. The number of H-pyrrole nitrogens is 1. The molecule has 274 valence electrons. The van der Waals surface area contributed by atoms with Crippen LogP contribution in [0.2, 0.25) is 5.02 Å². The molecule has 2 aromatic carbocycles. The van der Waals surface area contributed by atoms with E-state index in [-0.39, 0.29) is 42.0 Å². The van der Waals surface area contributed by atoms with Crippen LogP contribution in [-0.2, 0) is 22.2 Å². The summed E-state index contributed by atoms with van der Waals surface area (Å²) in [5, 5.41) is 14.1. The number of benzene rings is 2. The molecule has 2 amide bonds. The Kier molecular flexibility index (Phi) is 9.94. The lowest BCUT2D eigenvalue weighted by molar-refractivity contribution is -0.143. The number of amides is 2. The zero-order valence-electron chi connectivity index (χ0n) is 28.5. The quantitative estimate of drug-likeness (QED) is 0.353. The van der Waals surface area contributed by atoms with E-state index in [0.29, 0.717) is 63.0 Å². The zero-order valence-corrected chi connectivity index (χ0v) is 29.2. The normalized spacial score (nSPS) is 22.9. The van der Waals surface area contributed by atoms with Crippen LogP contribution >= 0.6 is 11.6 Å². The minimum atomic E-state index is -4.85. The van der Waals surface area contributed by atoms with Gasteiger partial charge in [-0.05, 0) is 63.3 Å². The molecule has 11 nitrogen and oxygen atoms in total. The fourth-order valence-electron chi connectivity index (χ4n) is 8.55. The lowest BCUT2D eigenvalue weighted by atomic mass is 9.91. The second-order valence-corrected chi connectivity index (χ2v) is 14.9. The number of likely N-dealkylation sites (N-methyl/N-ethyl adjacent to an activating group) is 1. The number of likely N-dealkylation sites (tertiary alicyclic amines) is 4. The number of rotatable bonds is 8. The first kappa shape index (κ1) is 35.5. The highest BCUT2D eigenvalue weighted by Gasteiger charge is 2.45. The van der Waals surface area contributed by atoms with Gasteiger partial charge in [-0.25, -0.2) is 9.48 Å². The number of hydrogen-bond acceptors (Lipinski definition) is 7. The van der Waals surface area contributed by atoms with Crippen molar-refractivity contribution in [2.24, 2.45) is 5.92 Å². The summed E-state index contributed by atoms with van der Waals surface area (Å²) in [5.41, 5.74) is -0.702. The molecule has 1 aromatic heterocycles. The lowest BCUT2D eigenvalue weighted by Gasteiger charge is -2.42. The van der Waals surface area contributed by atoms with Crippen molar-refractivity contribution >= 4 is 23.4 Å². The van der Waals surface area contributed by atoms with Gasteiger partial charge < -0.3 is 19.8 Å². The van der Waals surface area contributed by atoms with Crippen LogP contribution in [0.1, 0.15) is 55.7 Å². The number of hydrogen-bond donors (Lipinski definition) is 2. The fourth-order valence-corrected chi connectivity index (χ4v) is 8.79. The third-order valence-corrected chi connectivity index (χ3v) is 11.6. The Balaban J connectivity index is 1.03. The maximum absolute atomic E-state index is 14.1. The second kappa shape index (κ2) is 14.3. The highest BCUT2D eigenvalue weighted by molar-refractivity contribution is 6.32. The van der Waals surface area contributed by atoms with Crippen LogP contribution in [0.25, 0.3) is 11.4 Å². The monoisotopic (exact) mass is 729 g/mol. The number of carbonyl (C=O) groups excluding carboxylic acids is 2. The van der Waals surface area contributed by atoms with Crippen LogP contribution in [0.4, 0.5) is 13.2 Å². The summed E-state index contributed by atoms with van der Waals surface area (Å²) in [6.07, 6.45) is -1.46. The van der Waals surface area contributed by atoms with Gasteiger partial charge in [0.2, 0.25) is 11.8 Å². The zero-order chi connectivity index (χ0) is 36.0. The summed E-state index contributed by atoms with van der Waals surface area (Å²) in [4.78, 5) is 51.9. The van der Waals surface area contributed by atoms with Crippen molar-refractivity contribution in [2.45, 2.75) is 75.3 Å². The van der Waals surface area contributed by atoms with Gasteiger partial charge in [0.1, 0.15) is 5.75 Å². The molecule has 4 aliphatic rings. The van der Waals surface area contributed by atoms with E-state index in [1.807, 2.05) is 30.3 Å². The van der Waals surface area contributed by atoms with Crippen molar-refractivity contribution in [1.29, 1.82) is 0 Å². The van der Waals surface area contributed by atoms with Gasteiger partial charge in [0.05, 0.1) is 22.5 Å². The van der Waals surface area contributed by atoms with Gasteiger partial charge in [-0.2, -0.15) is 13.2 Å². The molecule has 15 heteroatoms. The smallest absolute Gasteiger partial charge is 0.420 e. The molecule has 0 radical (unpaired) electrons. The van der Waals surface area contributed by atoms with E-state index in [0.717, 1.165) is 37.6 Å². The first-order valence-corrected chi connectivity index (χ1v) is 18.1. The van der Waals surface area contributed by atoms with Crippen molar-refractivity contribution in [1.82, 2.24) is 34.4 Å². The molecule has 0 saturated carbocycles. The number of phenolic OH excluding ortho intramolecular Hbond substituents is 1. The number of carbonyl (C=O) groups is 2. The number of aromatic amines is 1. The number of phenols is 1. The van der Waals surface area contributed by atoms with Crippen molar-refractivity contribution < 1.29 is 27.9 Å². The van der Waals surface area contributed by atoms with E-state index in [1.54, 1.807) is 9.80 Å². The van der Waals surface area contributed by atoms with Gasteiger partial charge in [-0.15, -0.1) is 5.10 Å². The van der Waals surface area contributed by atoms with E-state index in [1.165, 1.54) is 17.2 Å². The minimum absolute atomic E-state index is 0.120. The Bertz CT molecular complexity index is 1800. The number of fused-ring (bicyclic) bond motifs is 2. The van der Waals surface area contributed by atoms with Crippen molar-refractivity contribution in [3.05, 3.63) is 69.1 Å². The van der Waals surface area contributed by atoms with E-state index in [9.17, 15) is 32.7 Å². The van der Waals surface area contributed by atoms with Gasteiger partial charge in [-0.1, -0.05) is 41.9 Å². The van der Waals surface area contributed by atoms with Gasteiger partial charge in [-0.3, -0.25) is 19.5 Å². The summed E-state index contributed by atoms with van der Waals surface area (Å²) in [6.45, 7) is 3.78. The second-order valence-electron chi connectivity index (χ2n) is 14.5. The van der Waals surface area contributed by atoms with Gasteiger partial charge in [0, 0.05) is 69.4 Å². The lowest BCUT2D eigenvalue weighted by Crippen LogP contribution is -2.54. The molecule has 7 rings (SSSR count).